The maximum Gasteiger partial charge on any atom is 0.253 e. The molecule has 108 valence electrons. The van der Waals surface area contributed by atoms with Crippen LogP contribution >= 0.6 is 15.9 Å². The number of carbonyl (C=O) groups is 1. The Kier molecular flexibility index (Phi) is 3.82. The molecule has 2 aliphatic rings. The molecule has 2 fully saturated rings. The fourth-order valence-electron chi connectivity index (χ4n) is 3.49. The topological polar surface area (TPSA) is 46.3 Å². The highest BCUT2D eigenvalue weighted by molar-refractivity contribution is 9.10. The third-order valence-electron chi connectivity index (χ3n) is 4.61. The van der Waals surface area contributed by atoms with Crippen LogP contribution in [0.5, 0.6) is 0 Å². The summed E-state index contributed by atoms with van der Waals surface area (Å²) < 4.78 is 13.6. The summed E-state index contributed by atoms with van der Waals surface area (Å²) in [7, 11) is 0. The standard InChI is InChI=1S/C15H18BrFN2O/c16-12-6-9(4-5-13(12)17)15(20)19-7-10-2-1-3-14(18)11(10)8-19/h4-6,10-11,14H,1-3,7-8,18H2. The van der Waals surface area contributed by atoms with E-state index in [1.807, 2.05) is 4.90 Å². The first kappa shape index (κ1) is 14.0. The Bertz CT molecular complexity index is 537. The summed E-state index contributed by atoms with van der Waals surface area (Å²) in [5.74, 6) is 0.592. The van der Waals surface area contributed by atoms with Crippen LogP contribution in [0.1, 0.15) is 29.6 Å². The summed E-state index contributed by atoms with van der Waals surface area (Å²) >= 11 is 3.13. The van der Waals surface area contributed by atoms with Gasteiger partial charge in [0.2, 0.25) is 0 Å². The van der Waals surface area contributed by atoms with Crippen molar-refractivity contribution in [3.63, 3.8) is 0 Å². The van der Waals surface area contributed by atoms with E-state index >= 15 is 0 Å². The molecule has 3 atom stereocenters. The average molecular weight is 341 g/mol. The number of nitrogens with zero attached hydrogens (tertiary/aromatic N) is 1. The van der Waals surface area contributed by atoms with E-state index in [1.165, 1.54) is 6.07 Å². The number of rotatable bonds is 1. The van der Waals surface area contributed by atoms with Gasteiger partial charge in [0.05, 0.1) is 4.47 Å². The van der Waals surface area contributed by atoms with E-state index in [2.05, 4.69) is 15.9 Å². The fraction of sp³-hybridized carbons (Fsp3) is 0.533. The number of likely N-dealkylation sites (tertiary alicyclic amines) is 1. The molecule has 1 aromatic carbocycles. The molecule has 1 saturated heterocycles. The maximum absolute atomic E-state index is 13.2. The van der Waals surface area contributed by atoms with Crippen molar-refractivity contribution in [1.29, 1.82) is 0 Å². The molecule has 1 heterocycles. The van der Waals surface area contributed by atoms with Gasteiger partial charge in [0.15, 0.2) is 0 Å². The predicted molar refractivity (Wildman–Crippen MR) is 78.8 cm³/mol. The number of nitrogens with two attached hydrogens (primary N) is 1. The molecule has 0 spiro atoms. The Morgan fingerprint density at radius 3 is 2.85 bits per heavy atom. The first-order valence-electron chi connectivity index (χ1n) is 7.06. The van der Waals surface area contributed by atoms with Crippen LogP contribution in [0.4, 0.5) is 4.39 Å². The molecule has 1 aliphatic carbocycles. The quantitative estimate of drug-likeness (QED) is 0.854. The lowest BCUT2D eigenvalue weighted by molar-refractivity contribution is 0.0783. The zero-order valence-electron chi connectivity index (χ0n) is 11.2. The van der Waals surface area contributed by atoms with Crippen molar-refractivity contribution in [1.82, 2.24) is 4.90 Å². The number of benzene rings is 1. The van der Waals surface area contributed by atoms with Crippen LogP contribution in [0.15, 0.2) is 22.7 Å². The number of hydrogen-bond acceptors (Lipinski definition) is 2. The monoisotopic (exact) mass is 340 g/mol. The first-order chi connectivity index (χ1) is 9.56. The highest BCUT2D eigenvalue weighted by Gasteiger charge is 2.40. The van der Waals surface area contributed by atoms with Gasteiger partial charge < -0.3 is 10.6 Å². The molecule has 0 bridgehead atoms. The number of carbonyl (C=O) groups excluding carboxylic acids is 1. The summed E-state index contributed by atoms with van der Waals surface area (Å²) in [6, 6.07) is 4.64. The highest BCUT2D eigenvalue weighted by Crippen LogP contribution is 2.36. The van der Waals surface area contributed by atoms with Crippen LogP contribution in [0.25, 0.3) is 0 Å². The van der Waals surface area contributed by atoms with Gasteiger partial charge in [-0.3, -0.25) is 4.79 Å². The van der Waals surface area contributed by atoms with Crippen molar-refractivity contribution in [3.8, 4) is 0 Å². The molecule has 0 radical (unpaired) electrons. The van der Waals surface area contributed by atoms with Crippen LogP contribution in [0.3, 0.4) is 0 Å². The molecule has 3 nitrogen and oxygen atoms in total. The van der Waals surface area contributed by atoms with Crippen LogP contribution in [-0.4, -0.2) is 29.9 Å². The Morgan fingerprint density at radius 1 is 1.35 bits per heavy atom. The lowest BCUT2D eigenvalue weighted by Crippen LogP contribution is -2.38. The zero-order chi connectivity index (χ0) is 14.3. The van der Waals surface area contributed by atoms with Crippen molar-refractivity contribution >= 4 is 21.8 Å². The number of hydrogen-bond donors (Lipinski definition) is 1. The molecule has 3 rings (SSSR count). The van der Waals surface area contributed by atoms with Gasteiger partial charge >= 0.3 is 0 Å². The third-order valence-corrected chi connectivity index (χ3v) is 5.22. The average Bonchev–Trinajstić information content (AvgIpc) is 2.86. The van der Waals surface area contributed by atoms with Gasteiger partial charge in [0.25, 0.3) is 5.91 Å². The van der Waals surface area contributed by atoms with E-state index in [0.717, 1.165) is 32.4 Å². The van der Waals surface area contributed by atoms with Crippen LogP contribution in [-0.2, 0) is 0 Å². The van der Waals surface area contributed by atoms with Gasteiger partial charge in [-0.2, -0.15) is 0 Å². The highest BCUT2D eigenvalue weighted by atomic mass is 79.9. The Balaban J connectivity index is 1.76. The Hall–Kier alpha value is -0.940. The third kappa shape index (κ3) is 2.49. The molecular formula is C15H18BrFN2O. The van der Waals surface area contributed by atoms with Gasteiger partial charge in [-0.05, 0) is 58.8 Å². The maximum atomic E-state index is 13.2. The molecule has 0 aromatic heterocycles. The van der Waals surface area contributed by atoms with E-state index < -0.39 is 0 Å². The van der Waals surface area contributed by atoms with E-state index in [1.54, 1.807) is 12.1 Å². The van der Waals surface area contributed by atoms with Gasteiger partial charge in [-0.15, -0.1) is 0 Å². The summed E-state index contributed by atoms with van der Waals surface area (Å²) in [5, 5.41) is 0. The minimum Gasteiger partial charge on any atom is -0.338 e. The van der Waals surface area contributed by atoms with Crippen molar-refractivity contribution in [2.75, 3.05) is 13.1 Å². The predicted octanol–water partition coefficient (Wildman–Crippen LogP) is 2.79. The van der Waals surface area contributed by atoms with E-state index in [0.29, 0.717) is 21.9 Å². The van der Waals surface area contributed by atoms with Crippen molar-refractivity contribution in [2.24, 2.45) is 17.6 Å². The summed E-state index contributed by atoms with van der Waals surface area (Å²) in [6.45, 7) is 1.52. The molecular weight excluding hydrogens is 323 g/mol. The van der Waals surface area contributed by atoms with Gasteiger partial charge in [-0.1, -0.05) is 6.42 Å². The molecule has 20 heavy (non-hydrogen) atoms. The summed E-state index contributed by atoms with van der Waals surface area (Å²) in [4.78, 5) is 14.4. The second-order valence-corrected chi connectivity index (χ2v) is 6.71. The molecule has 3 unspecified atom stereocenters. The second kappa shape index (κ2) is 5.45. The van der Waals surface area contributed by atoms with Gasteiger partial charge in [0.1, 0.15) is 5.82 Å². The van der Waals surface area contributed by atoms with E-state index in [4.69, 9.17) is 5.73 Å². The fourth-order valence-corrected chi connectivity index (χ4v) is 3.87. The lowest BCUT2D eigenvalue weighted by Gasteiger charge is -2.29. The largest absolute Gasteiger partial charge is 0.338 e. The SMILES string of the molecule is NC1CCCC2CN(C(=O)c3ccc(F)c(Br)c3)CC12. The number of fused-ring (bicyclic) bond motifs is 1. The molecule has 5 heteroatoms. The van der Waals surface area contributed by atoms with Crippen molar-refractivity contribution in [2.45, 2.75) is 25.3 Å². The number of halogens is 2. The van der Waals surface area contributed by atoms with Gasteiger partial charge in [-0.25, -0.2) is 4.39 Å². The molecule has 1 aromatic rings. The Morgan fingerprint density at radius 2 is 2.15 bits per heavy atom. The normalized spacial score (nSPS) is 29.4. The molecule has 2 N–H and O–H groups in total. The summed E-state index contributed by atoms with van der Waals surface area (Å²) in [6.07, 6.45) is 3.38. The van der Waals surface area contributed by atoms with Crippen LogP contribution in [0, 0.1) is 17.7 Å². The minimum atomic E-state index is -0.348. The molecule has 1 saturated carbocycles. The van der Waals surface area contributed by atoms with Crippen molar-refractivity contribution < 1.29 is 9.18 Å². The first-order valence-corrected chi connectivity index (χ1v) is 7.85. The summed E-state index contributed by atoms with van der Waals surface area (Å²) in [5.41, 5.74) is 6.70. The van der Waals surface area contributed by atoms with E-state index in [-0.39, 0.29) is 17.8 Å². The lowest BCUT2D eigenvalue weighted by atomic mass is 9.78. The molecule has 1 aliphatic heterocycles. The minimum absolute atomic E-state index is 0.0210. The van der Waals surface area contributed by atoms with E-state index in [9.17, 15) is 9.18 Å². The number of amides is 1. The van der Waals surface area contributed by atoms with Crippen LogP contribution in [0.2, 0.25) is 0 Å². The smallest absolute Gasteiger partial charge is 0.253 e. The zero-order valence-corrected chi connectivity index (χ0v) is 12.8. The molecule has 1 amide bonds. The van der Waals surface area contributed by atoms with Crippen LogP contribution < -0.4 is 5.73 Å². The Labute approximate surface area is 126 Å². The van der Waals surface area contributed by atoms with Gasteiger partial charge in [0, 0.05) is 24.7 Å². The van der Waals surface area contributed by atoms with Crippen molar-refractivity contribution in [3.05, 3.63) is 34.1 Å². The second-order valence-electron chi connectivity index (χ2n) is 5.86.